The number of aliphatic hydroxyl groups excluding tert-OH is 2. The van der Waals surface area contributed by atoms with Crippen LogP contribution in [0, 0.1) is 0 Å². The maximum Gasteiger partial charge on any atom is 0.220 e. The molecule has 4 nitrogen and oxygen atoms in total. The molecule has 0 bridgehead atoms. The van der Waals surface area contributed by atoms with Crippen molar-refractivity contribution >= 4 is 27.5 Å². The summed E-state index contributed by atoms with van der Waals surface area (Å²) < 4.78 is 0.113. The van der Waals surface area contributed by atoms with Gasteiger partial charge in [-0.2, -0.15) is 0 Å². The van der Waals surface area contributed by atoms with Crippen molar-refractivity contribution < 1.29 is 15.0 Å². The van der Waals surface area contributed by atoms with Gasteiger partial charge in [0.15, 0.2) is 0 Å². The standard InChI is InChI=1S/C18H29NO3S2/c1-18(2,24-23-3)7-6-17(22)19-8-4-5-14-9-15(12-20)11-16(10-14)13-21/h9-11,20-21H,4-8,12-13H2,1-3H3,(H,19,22). The van der Waals surface area contributed by atoms with Crippen LogP contribution in [0.25, 0.3) is 0 Å². The molecule has 6 heteroatoms. The van der Waals surface area contributed by atoms with Crippen molar-refractivity contribution in [3.8, 4) is 0 Å². The molecule has 0 aliphatic heterocycles. The van der Waals surface area contributed by atoms with Crippen LogP contribution in [0.5, 0.6) is 0 Å². The minimum atomic E-state index is -0.0264. The molecule has 1 aromatic carbocycles. The number of carbonyl (C=O) groups is 1. The lowest BCUT2D eigenvalue weighted by molar-refractivity contribution is -0.121. The van der Waals surface area contributed by atoms with Gasteiger partial charge in [0.05, 0.1) is 13.2 Å². The third kappa shape index (κ3) is 8.42. The van der Waals surface area contributed by atoms with Crippen molar-refractivity contribution in [3.05, 3.63) is 34.9 Å². The van der Waals surface area contributed by atoms with Crippen LogP contribution >= 0.6 is 21.6 Å². The molecule has 0 aliphatic carbocycles. The molecule has 0 spiro atoms. The number of aryl methyl sites for hydroxylation is 1. The van der Waals surface area contributed by atoms with Crippen LogP contribution < -0.4 is 5.32 Å². The van der Waals surface area contributed by atoms with Crippen LogP contribution in [-0.2, 0) is 24.4 Å². The average Bonchev–Trinajstić information content (AvgIpc) is 2.56. The van der Waals surface area contributed by atoms with Gasteiger partial charge in [0, 0.05) is 17.7 Å². The van der Waals surface area contributed by atoms with Crippen molar-refractivity contribution in [2.24, 2.45) is 0 Å². The summed E-state index contributed by atoms with van der Waals surface area (Å²) in [6.07, 6.45) is 5.13. The summed E-state index contributed by atoms with van der Waals surface area (Å²) in [5, 5.41) is 21.5. The maximum atomic E-state index is 11.9. The lowest BCUT2D eigenvalue weighted by Gasteiger charge is -2.21. The molecule has 0 radical (unpaired) electrons. The summed E-state index contributed by atoms with van der Waals surface area (Å²) in [7, 11) is 3.54. The average molecular weight is 372 g/mol. The van der Waals surface area contributed by atoms with Crippen molar-refractivity contribution in [1.82, 2.24) is 5.32 Å². The van der Waals surface area contributed by atoms with Gasteiger partial charge in [-0.3, -0.25) is 4.79 Å². The molecule has 0 atom stereocenters. The molecule has 1 rings (SSSR count). The third-order valence-electron chi connectivity index (χ3n) is 3.70. The molecule has 1 amide bonds. The first-order chi connectivity index (χ1) is 11.4. The van der Waals surface area contributed by atoms with E-state index in [9.17, 15) is 15.0 Å². The molecule has 0 aliphatic rings. The molecule has 0 saturated carbocycles. The van der Waals surface area contributed by atoms with Crippen molar-refractivity contribution in [1.29, 1.82) is 0 Å². The second-order valence-corrected chi connectivity index (χ2v) is 9.54. The quantitative estimate of drug-likeness (QED) is 0.411. The van der Waals surface area contributed by atoms with Gasteiger partial charge in [-0.1, -0.05) is 39.8 Å². The van der Waals surface area contributed by atoms with E-state index in [1.54, 1.807) is 27.7 Å². The molecule has 0 fully saturated rings. The van der Waals surface area contributed by atoms with E-state index < -0.39 is 0 Å². The Kier molecular flexibility index (Phi) is 9.81. The van der Waals surface area contributed by atoms with Gasteiger partial charge in [-0.15, -0.1) is 0 Å². The fourth-order valence-electron chi connectivity index (χ4n) is 2.46. The van der Waals surface area contributed by atoms with E-state index >= 15 is 0 Å². The Balaban J connectivity index is 2.32. The highest BCUT2D eigenvalue weighted by Crippen LogP contribution is 2.36. The number of carbonyl (C=O) groups excluding carboxylic acids is 1. The summed E-state index contributed by atoms with van der Waals surface area (Å²) in [5.41, 5.74) is 2.71. The molecule has 0 saturated heterocycles. The largest absolute Gasteiger partial charge is 0.392 e. The predicted molar refractivity (Wildman–Crippen MR) is 104 cm³/mol. The molecule has 0 heterocycles. The monoisotopic (exact) mass is 371 g/mol. The van der Waals surface area contributed by atoms with Crippen LogP contribution in [0.1, 0.15) is 49.8 Å². The SMILES string of the molecule is CSSC(C)(C)CCC(=O)NCCCc1cc(CO)cc(CO)c1. The zero-order chi connectivity index (χ0) is 18.0. The maximum absolute atomic E-state index is 11.9. The van der Waals surface area contributed by atoms with Crippen molar-refractivity contribution in [3.63, 3.8) is 0 Å². The minimum absolute atomic E-state index is 0.0264. The van der Waals surface area contributed by atoms with Gasteiger partial charge in [0.1, 0.15) is 0 Å². The zero-order valence-electron chi connectivity index (χ0n) is 14.8. The van der Waals surface area contributed by atoms with Gasteiger partial charge >= 0.3 is 0 Å². The number of hydrogen-bond acceptors (Lipinski definition) is 5. The van der Waals surface area contributed by atoms with Gasteiger partial charge in [0.2, 0.25) is 5.91 Å². The number of benzene rings is 1. The van der Waals surface area contributed by atoms with E-state index in [1.165, 1.54) is 0 Å². The normalized spacial score (nSPS) is 11.5. The highest BCUT2D eigenvalue weighted by atomic mass is 33.1. The summed E-state index contributed by atoms with van der Waals surface area (Å²) in [6, 6.07) is 5.70. The van der Waals surface area contributed by atoms with Crippen LogP contribution in [0.2, 0.25) is 0 Å². The molecule has 136 valence electrons. The first-order valence-electron chi connectivity index (χ1n) is 8.22. The number of aliphatic hydroxyl groups is 2. The summed E-state index contributed by atoms with van der Waals surface area (Å²) in [6.45, 7) is 4.91. The topological polar surface area (TPSA) is 69.6 Å². The van der Waals surface area contributed by atoms with Crippen LogP contribution in [0.15, 0.2) is 18.2 Å². The lowest BCUT2D eigenvalue weighted by atomic mass is 10.0. The Labute approximate surface area is 153 Å². The molecular weight excluding hydrogens is 342 g/mol. The molecular formula is C18H29NO3S2. The van der Waals surface area contributed by atoms with Crippen LogP contribution in [-0.4, -0.2) is 33.7 Å². The minimum Gasteiger partial charge on any atom is -0.392 e. The van der Waals surface area contributed by atoms with Gasteiger partial charge in [-0.05, 0) is 56.1 Å². The van der Waals surface area contributed by atoms with E-state index in [0.29, 0.717) is 13.0 Å². The Morgan fingerprint density at radius 2 is 1.71 bits per heavy atom. The highest BCUT2D eigenvalue weighted by molar-refractivity contribution is 8.76. The summed E-state index contributed by atoms with van der Waals surface area (Å²) in [5.74, 6) is 0.102. The Hall–Kier alpha value is -0.690. The Morgan fingerprint density at radius 1 is 1.12 bits per heavy atom. The zero-order valence-corrected chi connectivity index (χ0v) is 16.4. The molecule has 1 aromatic rings. The predicted octanol–water partition coefficient (Wildman–Crippen LogP) is 3.29. The Morgan fingerprint density at radius 3 is 2.25 bits per heavy atom. The van der Waals surface area contributed by atoms with Crippen molar-refractivity contribution in [2.75, 3.05) is 12.8 Å². The van der Waals surface area contributed by atoms with E-state index in [1.807, 2.05) is 12.1 Å². The molecule has 3 N–H and O–H groups in total. The number of hydrogen-bond donors (Lipinski definition) is 3. The summed E-state index contributed by atoms with van der Waals surface area (Å²) in [4.78, 5) is 11.9. The van der Waals surface area contributed by atoms with Gasteiger partial charge in [-0.25, -0.2) is 0 Å². The Bertz CT molecular complexity index is 499. The molecule has 0 aromatic heterocycles. The van der Waals surface area contributed by atoms with Crippen molar-refractivity contribution in [2.45, 2.75) is 57.5 Å². The van der Waals surface area contributed by atoms with Gasteiger partial charge < -0.3 is 15.5 Å². The third-order valence-corrected chi connectivity index (χ3v) is 6.38. The van der Waals surface area contributed by atoms with Crippen LogP contribution in [0.4, 0.5) is 0 Å². The van der Waals surface area contributed by atoms with Gasteiger partial charge in [0.25, 0.3) is 0 Å². The molecule has 0 unspecified atom stereocenters. The van der Waals surface area contributed by atoms with E-state index in [0.717, 1.165) is 36.0 Å². The van der Waals surface area contributed by atoms with Crippen LogP contribution in [0.3, 0.4) is 0 Å². The second-order valence-electron chi connectivity index (χ2n) is 6.44. The fraction of sp³-hybridized carbons (Fsp3) is 0.611. The first-order valence-corrected chi connectivity index (χ1v) is 10.8. The lowest BCUT2D eigenvalue weighted by Crippen LogP contribution is -2.27. The first kappa shape index (κ1) is 21.4. The van der Waals surface area contributed by atoms with E-state index in [2.05, 4.69) is 25.4 Å². The number of nitrogens with one attached hydrogen (secondary N) is 1. The summed E-state index contributed by atoms with van der Waals surface area (Å²) >= 11 is 0. The van der Waals surface area contributed by atoms with E-state index in [4.69, 9.17) is 0 Å². The highest BCUT2D eigenvalue weighted by Gasteiger charge is 2.19. The number of amides is 1. The fourth-order valence-corrected chi connectivity index (χ4v) is 4.70. The number of rotatable bonds is 11. The van der Waals surface area contributed by atoms with E-state index in [-0.39, 0.29) is 23.9 Å². The second kappa shape index (κ2) is 11.0. The smallest absolute Gasteiger partial charge is 0.220 e. The molecule has 24 heavy (non-hydrogen) atoms.